The predicted molar refractivity (Wildman–Crippen MR) is 71.9 cm³/mol. The Labute approximate surface area is 105 Å². The van der Waals surface area contributed by atoms with Gasteiger partial charge in [-0.25, -0.2) is 0 Å². The molecule has 0 radical (unpaired) electrons. The summed E-state index contributed by atoms with van der Waals surface area (Å²) in [4.78, 5) is 4.26. The van der Waals surface area contributed by atoms with Crippen LogP contribution in [-0.4, -0.2) is 29.8 Å². The first kappa shape index (κ1) is 14.3. The van der Waals surface area contributed by atoms with E-state index in [9.17, 15) is 5.11 Å². The quantitative estimate of drug-likeness (QED) is 0.516. The molecule has 4 N–H and O–H groups in total. The van der Waals surface area contributed by atoms with E-state index in [2.05, 4.69) is 31.1 Å². The molecule has 0 aliphatic heterocycles. The first-order valence-corrected chi connectivity index (χ1v) is 6.67. The van der Waals surface area contributed by atoms with E-state index < -0.39 is 5.60 Å². The van der Waals surface area contributed by atoms with Crippen molar-refractivity contribution in [2.24, 2.45) is 22.6 Å². The maximum atomic E-state index is 10.4. The molecule has 1 rings (SSSR count). The zero-order chi connectivity index (χ0) is 12.9. The lowest BCUT2D eigenvalue weighted by Gasteiger charge is -2.34. The highest BCUT2D eigenvalue weighted by Crippen LogP contribution is 2.32. The molecule has 2 atom stereocenters. The van der Waals surface area contributed by atoms with E-state index in [1.807, 2.05) is 0 Å². The average molecular weight is 241 g/mol. The van der Waals surface area contributed by atoms with Crippen molar-refractivity contribution in [1.29, 1.82) is 0 Å². The highest BCUT2D eigenvalue weighted by molar-refractivity contribution is 5.77. The second-order valence-electron chi connectivity index (χ2n) is 5.90. The van der Waals surface area contributed by atoms with Gasteiger partial charge in [0, 0.05) is 6.54 Å². The second kappa shape index (κ2) is 6.24. The molecule has 0 spiro atoms. The third-order valence-corrected chi connectivity index (χ3v) is 3.30. The van der Waals surface area contributed by atoms with Gasteiger partial charge < -0.3 is 16.2 Å². The third-order valence-electron chi connectivity index (χ3n) is 3.30. The summed E-state index contributed by atoms with van der Waals surface area (Å²) in [5.41, 5.74) is 5.12. The molecule has 4 heteroatoms. The molecule has 0 aromatic carbocycles. The predicted octanol–water partition coefficient (Wildman–Crippen LogP) is 1.49. The Morgan fingerprint density at radius 3 is 2.88 bits per heavy atom. The van der Waals surface area contributed by atoms with Gasteiger partial charge in [0.15, 0.2) is 5.96 Å². The molecular weight excluding hydrogens is 214 g/mol. The zero-order valence-corrected chi connectivity index (χ0v) is 11.4. The molecule has 0 aromatic heterocycles. The Kier molecular flexibility index (Phi) is 5.25. The molecule has 17 heavy (non-hydrogen) atoms. The van der Waals surface area contributed by atoms with Crippen LogP contribution in [0.1, 0.15) is 46.5 Å². The van der Waals surface area contributed by atoms with E-state index in [4.69, 9.17) is 5.73 Å². The fraction of sp³-hybridized carbons (Fsp3) is 0.923. The number of aliphatic imine (C=N–C) groups is 1. The number of hydrogen-bond acceptors (Lipinski definition) is 2. The molecule has 2 unspecified atom stereocenters. The highest BCUT2D eigenvalue weighted by Gasteiger charge is 2.32. The second-order valence-corrected chi connectivity index (χ2v) is 5.90. The van der Waals surface area contributed by atoms with Crippen molar-refractivity contribution < 1.29 is 5.11 Å². The van der Waals surface area contributed by atoms with E-state index >= 15 is 0 Å². The molecule has 0 amide bonds. The molecule has 1 aliphatic rings. The third kappa shape index (κ3) is 5.39. The van der Waals surface area contributed by atoms with Crippen molar-refractivity contribution in [3.63, 3.8) is 0 Å². The van der Waals surface area contributed by atoms with Gasteiger partial charge in [0.05, 0.1) is 12.1 Å². The summed E-state index contributed by atoms with van der Waals surface area (Å²) < 4.78 is 0. The van der Waals surface area contributed by atoms with Crippen molar-refractivity contribution in [2.45, 2.75) is 52.1 Å². The van der Waals surface area contributed by atoms with Gasteiger partial charge in [-0.05, 0) is 24.7 Å². The smallest absolute Gasteiger partial charge is 0.188 e. The van der Waals surface area contributed by atoms with Crippen LogP contribution in [0.2, 0.25) is 0 Å². The van der Waals surface area contributed by atoms with Crippen LogP contribution in [0, 0.1) is 11.8 Å². The largest absolute Gasteiger partial charge is 0.388 e. The lowest BCUT2D eigenvalue weighted by molar-refractivity contribution is -0.00406. The standard InChI is InChI=1S/C13H27N3O/c1-10(2)8-15-12(14)16-9-13(17)6-4-5-11(3)7-13/h10-11,17H,4-9H2,1-3H3,(H3,14,15,16). The van der Waals surface area contributed by atoms with Crippen LogP contribution in [0.25, 0.3) is 0 Å². The molecule has 0 heterocycles. The van der Waals surface area contributed by atoms with Gasteiger partial charge in [0.25, 0.3) is 0 Å². The molecule has 1 fully saturated rings. The number of hydrogen-bond donors (Lipinski definition) is 3. The zero-order valence-electron chi connectivity index (χ0n) is 11.4. The molecular formula is C13H27N3O. The Morgan fingerprint density at radius 2 is 2.29 bits per heavy atom. The van der Waals surface area contributed by atoms with Crippen LogP contribution >= 0.6 is 0 Å². The monoisotopic (exact) mass is 241 g/mol. The van der Waals surface area contributed by atoms with E-state index in [0.717, 1.165) is 25.8 Å². The van der Waals surface area contributed by atoms with E-state index in [0.29, 0.717) is 24.3 Å². The maximum absolute atomic E-state index is 10.4. The molecule has 0 bridgehead atoms. The Bertz CT molecular complexity index is 265. The molecule has 1 saturated carbocycles. The lowest BCUT2D eigenvalue weighted by atomic mass is 9.79. The van der Waals surface area contributed by atoms with Crippen LogP contribution < -0.4 is 11.1 Å². The minimum atomic E-state index is -0.637. The van der Waals surface area contributed by atoms with Crippen LogP contribution in [0.4, 0.5) is 0 Å². The SMILES string of the molecule is CC(C)CNC(N)=NCC1(O)CCCC(C)C1. The highest BCUT2D eigenvalue weighted by atomic mass is 16.3. The fourth-order valence-electron chi connectivity index (χ4n) is 2.37. The van der Waals surface area contributed by atoms with Gasteiger partial charge in [-0.3, -0.25) is 4.99 Å². The summed E-state index contributed by atoms with van der Waals surface area (Å²) in [6.07, 6.45) is 3.99. The molecule has 0 aromatic rings. The van der Waals surface area contributed by atoms with E-state index in [1.165, 1.54) is 6.42 Å². The van der Waals surface area contributed by atoms with Gasteiger partial charge >= 0.3 is 0 Å². The first-order valence-electron chi connectivity index (χ1n) is 6.67. The topological polar surface area (TPSA) is 70.6 Å². The van der Waals surface area contributed by atoms with E-state index in [1.54, 1.807) is 0 Å². The number of guanidine groups is 1. The van der Waals surface area contributed by atoms with Crippen molar-refractivity contribution >= 4 is 5.96 Å². The minimum Gasteiger partial charge on any atom is -0.388 e. The van der Waals surface area contributed by atoms with Gasteiger partial charge in [-0.15, -0.1) is 0 Å². The van der Waals surface area contributed by atoms with Crippen LogP contribution in [-0.2, 0) is 0 Å². The van der Waals surface area contributed by atoms with Crippen molar-refractivity contribution in [2.75, 3.05) is 13.1 Å². The lowest BCUT2D eigenvalue weighted by Crippen LogP contribution is -2.40. The summed E-state index contributed by atoms with van der Waals surface area (Å²) in [5.74, 6) is 1.58. The van der Waals surface area contributed by atoms with Crippen molar-refractivity contribution in [1.82, 2.24) is 5.32 Å². The summed E-state index contributed by atoms with van der Waals surface area (Å²) in [6, 6.07) is 0. The number of nitrogens with one attached hydrogen (secondary N) is 1. The summed E-state index contributed by atoms with van der Waals surface area (Å²) >= 11 is 0. The Hall–Kier alpha value is -0.770. The molecule has 0 saturated heterocycles. The van der Waals surface area contributed by atoms with Gasteiger partial charge in [-0.2, -0.15) is 0 Å². The summed E-state index contributed by atoms with van der Waals surface area (Å²) in [6.45, 7) is 7.68. The number of nitrogens with zero attached hydrogens (tertiary/aromatic N) is 1. The first-order chi connectivity index (χ1) is 7.91. The van der Waals surface area contributed by atoms with Crippen LogP contribution in [0.3, 0.4) is 0 Å². The maximum Gasteiger partial charge on any atom is 0.188 e. The van der Waals surface area contributed by atoms with E-state index in [-0.39, 0.29) is 0 Å². The average Bonchev–Trinajstić information content (AvgIpc) is 2.23. The van der Waals surface area contributed by atoms with Gasteiger partial charge in [0.2, 0.25) is 0 Å². The fourth-order valence-corrected chi connectivity index (χ4v) is 2.37. The Morgan fingerprint density at radius 1 is 1.59 bits per heavy atom. The number of nitrogens with two attached hydrogens (primary N) is 1. The van der Waals surface area contributed by atoms with Crippen LogP contribution in [0.15, 0.2) is 4.99 Å². The molecule has 4 nitrogen and oxygen atoms in total. The van der Waals surface area contributed by atoms with Gasteiger partial charge in [0.1, 0.15) is 0 Å². The molecule has 100 valence electrons. The summed E-state index contributed by atoms with van der Waals surface area (Å²) in [5, 5.41) is 13.4. The summed E-state index contributed by atoms with van der Waals surface area (Å²) in [7, 11) is 0. The minimum absolute atomic E-state index is 0.425. The molecule has 1 aliphatic carbocycles. The van der Waals surface area contributed by atoms with Gasteiger partial charge in [-0.1, -0.05) is 33.6 Å². The Balaban J connectivity index is 2.39. The number of rotatable bonds is 4. The number of aliphatic hydroxyl groups is 1. The van der Waals surface area contributed by atoms with Crippen molar-refractivity contribution in [3.05, 3.63) is 0 Å². The normalized spacial score (nSPS) is 30.6. The van der Waals surface area contributed by atoms with Crippen LogP contribution in [0.5, 0.6) is 0 Å². The van der Waals surface area contributed by atoms with Crippen molar-refractivity contribution in [3.8, 4) is 0 Å².